The first-order chi connectivity index (χ1) is 16.9. The van der Waals surface area contributed by atoms with Crippen molar-refractivity contribution in [2.45, 2.75) is 11.8 Å². The van der Waals surface area contributed by atoms with Crippen LogP contribution in [0.5, 0.6) is 0 Å². The van der Waals surface area contributed by atoms with Crippen LogP contribution in [-0.4, -0.2) is 39.1 Å². The van der Waals surface area contributed by atoms with Crippen LogP contribution < -0.4 is 10.0 Å². The van der Waals surface area contributed by atoms with Crippen molar-refractivity contribution in [1.82, 2.24) is 24.7 Å². The van der Waals surface area contributed by atoms with E-state index in [1.807, 2.05) is 36.4 Å². The van der Waals surface area contributed by atoms with E-state index in [-0.39, 0.29) is 16.8 Å². The number of amides is 1. The third-order valence-electron chi connectivity index (χ3n) is 5.27. The van der Waals surface area contributed by atoms with Crippen molar-refractivity contribution < 1.29 is 13.2 Å². The summed E-state index contributed by atoms with van der Waals surface area (Å²) in [6, 6.07) is 18.9. The fraction of sp³-hybridized carbons (Fsp3) is 0.0417. The molecule has 0 atom stereocenters. The number of hydrogen-bond acceptors (Lipinski definition) is 7. The van der Waals surface area contributed by atoms with Crippen molar-refractivity contribution >= 4 is 38.5 Å². The molecule has 0 aliphatic rings. The van der Waals surface area contributed by atoms with Gasteiger partial charge < -0.3 is 5.32 Å². The number of benzene rings is 2. The third-order valence-corrected chi connectivity index (χ3v) is 6.61. The van der Waals surface area contributed by atoms with Crippen molar-refractivity contribution in [3.05, 3.63) is 96.6 Å². The van der Waals surface area contributed by atoms with Gasteiger partial charge in [0, 0.05) is 23.5 Å². The molecule has 2 aromatic carbocycles. The number of hydrogen-bond donors (Lipinski definition) is 2. The highest BCUT2D eigenvalue weighted by Crippen LogP contribution is 2.20. The molecule has 0 fully saturated rings. The molecule has 35 heavy (non-hydrogen) atoms. The molecule has 0 radical (unpaired) electrons. The molecule has 0 aliphatic heterocycles. The zero-order valence-corrected chi connectivity index (χ0v) is 19.3. The second-order valence-electron chi connectivity index (χ2n) is 7.57. The molecule has 0 saturated carbocycles. The predicted molar refractivity (Wildman–Crippen MR) is 131 cm³/mol. The number of carbonyl (C=O) groups excluding carboxylic acids is 1. The van der Waals surface area contributed by atoms with Crippen LogP contribution in [0.2, 0.25) is 0 Å². The summed E-state index contributed by atoms with van der Waals surface area (Å²) < 4.78 is 29.0. The Kier molecular flexibility index (Phi) is 5.67. The maximum atomic E-state index is 12.9. The number of anilines is 2. The number of para-hydroxylation sites is 1. The maximum absolute atomic E-state index is 12.9. The van der Waals surface area contributed by atoms with Gasteiger partial charge in [0.05, 0.1) is 27.9 Å². The van der Waals surface area contributed by atoms with Gasteiger partial charge in [0.15, 0.2) is 5.82 Å². The van der Waals surface area contributed by atoms with E-state index in [1.54, 1.807) is 17.7 Å². The van der Waals surface area contributed by atoms with Gasteiger partial charge in [-0.25, -0.2) is 32.8 Å². The number of pyridine rings is 1. The Morgan fingerprint density at radius 2 is 1.66 bits per heavy atom. The number of carbonyl (C=O) groups is 1. The standard InChI is InChI=1S/C24H19N7O3S/c1-16-20(15-27-31(16)22-12-7-17-5-2-3-6-21(17)29-22)23(32)28-18-8-10-19(11-9-18)35(33,34)30-24-25-13-4-14-26-24/h2-15H,1H3,(H,28,32)(H,25,26,30). The summed E-state index contributed by atoms with van der Waals surface area (Å²) in [7, 11) is -3.87. The van der Waals surface area contributed by atoms with Gasteiger partial charge in [0.2, 0.25) is 5.95 Å². The van der Waals surface area contributed by atoms with E-state index < -0.39 is 10.0 Å². The summed E-state index contributed by atoms with van der Waals surface area (Å²) in [4.78, 5) is 25.2. The Morgan fingerprint density at radius 1 is 0.914 bits per heavy atom. The Hall–Kier alpha value is -4.64. The predicted octanol–water partition coefficient (Wildman–Crippen LogP) is 3.57. The first-order valence-corrected chi connectivity index (χ1v) is 12.0. The molecule has 174 valence electrons. The molecule has 3 heterocycles. The fourth-order valence-electron chi connectivity index (χ4n) is 3.48. The van der Waals surface area contributed by atoms with E-state index in [4.69, 9.17) is 0 Å². The molecule has 10 nitrogen and oxygen atoms in total. The van der Waals surface area contributed by atoms with Gasteiger partial charge in [-0.2, -0.15) is 5.10 Å². The molecule has 1 amide bonds. The molecular weight excluding hydrogens is 466 g/mol. The molecule has 3 aromatic heterocycles. The molecule has 5 rings (SSSR count). The fourth-order valence-corrected chi connectivity index (χ4v) is 4.44. The van der Waals surface area contributed by atoms with E-state index in [9.17, 15) is 13.2 Å². The van der Waals surface area contributed by atoms with Gasteiger partial charge >= 0.3 is 0 Å². The van der Waals surface area contributed by atoms with E-state index in [0.717, 1.165) is 10.9 Å². The van der Waals surface area contributed by atoms with Crippen LogP contribution in [0.15, 0.2) is 90.2 Å². The van der Waals surface area contributed by atoms with Crippen LogP contribution in [0.4, 0.5) is 11.6 Å². The number of aromatic nitrogens is 5. The van der Waals surface area contributed by atoms with Gasteiger partial charge in [-0.05, 0) is 55.5 Å². The van der Waals surface area contributed by atoms with Gasteiger partial charge in [0.25, 0.3) is 15.9 Å². The van der Waals surface area contributed by atoms with Crippen molar-refractivity contribution in [1.29, 1.82) is 0 Å². The van der Waals surface area contributed by atoms with Gasteiger partial charge in [0.1, 0.15) is 0 Å². The Balaban J connectivity index is 1.32. The average molecular weight is 486 g/mol. The first-order valence-electron chi connectivity index (χ1n) is 10.5. The molecule has 0 unspecified atom stereocenters. The normalized spacial score (nSPS) is 11.3. The Labute approximate surface area is 200 Å². The zero-order valence-electron chi connectivity index (χ0n) is 18.5. The molecule has 2 N–H and O–H groups in total. The number of nitrogens with one attached hydrogen (secondary N) is 2. The lowest BCUT2D eigenvalue weighted by atomic mass is 10.2. The number of sulfonamides is 1. The van der Waals surface area contributed by atoms with Crippen molar-refractivity contribution in [3.8, 4) is 5.82 Å². The third kappa shape index (κ3) is 4.57. The van der Waals surface area contributed by atoms with Crippen LogP contribution in [0, 0.1) is 6.92 Å². The highest BCUT2D eigenvalue weighted by molar-refractivity contribution is 7.92. The van der Waals surface area contributed by atoms with Crippen LogP contribution in [-0.2, 0) is 10.0 Å². The second kappa shape index (κ2) is 8.95. The van der Waals surface area contributed by atoms with E-state index in [1.165, 1.54) is 42.9 Å². The highest BCUT2D eigenvalue weighted by Gasteiger charge is 2.18. The summed E-state index contributed by atoms with van der Waals surface area (Å²) >= 11 is 0. The molecule has 0 bridgehead atoms. The van der Waals surface area contributed by atoms with Crippen molar-refractivity contribution in [3.63, 3.8) is 0 Å². The van der Waals surface area contributed by atoms with Gasteiger partial charge in [-0.1, -0.05) is 18.2 Å². The summed E-state index contributed by atoms with van der Waals surface area (Å²) in [6.45, 7) is 1.78. The topological polar surface area (TPSA) is 132 Å². The summed E-state index contributed by atoms with van der Waals surface area (Å²) in [6.07, 6.45) is 4.34. The van der Waals surface area contributed by atoms with E-state index in [2.05, 4.69) is 30.1 Å². The lowest BCUT2D eigenvalue weighted by Gasteiger charge is -2.09. The molecule has 0 saturated heterocycles. The van der Waals surface area contributed by atoms with Crippen molar-refractivity contribution in [2.24, 2.45) is 0 Å². The monoisotopic (exact) mass is 485 g/mol. The van der Waals surface area contributed by atoms with Gasteiger partial charge in [-0.15, -0.1) is 0 Å². The number of rotatable bonds is 6. The summed E-state index contributed by atoms with van der Waals surface area (Å²) in [5.41, 5.74) is 2.26. The smallest absolute Gasteiger partial charge is 0.264 e. The number of nitrogens with zero attached hydrogens (tertiary/aromatic N) is 5. The number of fused-ring (bicyclic) bond motifs is 1. The minimum atomic E-state index is -3.87. The van der Waals surface area contributed by atoms with Crippen molar-refractivity contribution in [2.75, 3.05) is 10.0 Å². The largest absolute Gasteiger partial charge is 0.322 e. The summed E-state index contributed by atoms with van der Waals surface area (Å²) in [5.74, 6) is 0.198. The quantitative estimate of drug-likeness (QED) is 0.376. The van der Waals surface area contributed by atoms with Crippen LogP contribution in [0.25, 0.3) is 16.7 Å². The molecule has 0 spiro atoms. The molecule has 11 heteroatoms. The van der Waals surface area contributed by atoms with Crippen LogP contribution in [0.1, 0.15) is 16.1 Å². The first kappa shape index (κ1) is 22.2. The highest BCUT2D eigenvalue weighted by atomic mass is 32.2. The molecule has 0 aliphatic carbocycles. The second-order valence-corrected chi connectivity index (χ2v) is 9.26. The SMILES string of the molecule is Cc1c(C(=O)Nc2ccc(S(=O)(=O)Nc3ncccn3)cc2)cnn1-c1ccc2ccccc2n1. The lowest BCUT2D eigenvalue weighted by molar-refractivity contribution is 0.102. The molecular formula is C24H19N7O3S. The maximum Gasteiger partial charge on any atom is 0.264 e. The van der Waals surface area contributed by atoms with Crippen LogP contribution in [0.3, 0.4) is 0 Å². The van der Waals surface area contributed by atoms with Crippen LogP contribution >= 0.6 is 0 Å². The van der Waals surface area contributed by atoms with E-state index in [0.29, 0.717) is 22.8 Å². The lowest BCUT2D eigenvalue weighted by Crippen LogP contribution is -2.15. The Bertz CT molecular complexity index is 1630. The van der Waals surface area contributed by atoms with Gasteiger partial charge in [-0.3, -0.25) is 4.79 Å². The van der Waals surface area contributed by atoms with E-state index >= 15 is 0 Å². The Morgan fingerprint density at radius 3 is 2.43 bits per heavy atom. The minimum Gasteiger partial charge on any atom is -0.322 e. The minimum absolute atomic E-state index is 0.00864. The zero-order chi connectivity index (χ0) is 24.4. The summed E-state index contributed by atoms with van der Waals surface area (Å²) in [5, 5.41) is 8.12. The average Bonchev–Trinajstić information content (AvgIpc) is 3.26. The molecule has 5 aromatic rings.